The molecule has 126 valence electrons. The smallest absolute Gasteiger partial charge is 0.233 e. The molecule has 2 aromatic carbocycles. The molecular formula is C19H23N3O2. The molecule has 0 bridgehead atoms. The molecule has 5 nitrogen and oxygen atoms in total. The van der Waals surface area contributed by atoms with E-state index in [4.69, 9.17) is 0 Å². The molecule has 0 aromatic heterocycles. The summed E-state index contributed by atoms with van der Waals surface area (Å²) in [6.07, 6.45) is 0. The number of hydrogen-bond donors (Lipinski definition) is 0. The van der Waals surface area contributed by atoms with Crippen molar-refractivity contribution < 1.29 is 4.92 Å². The summed E-state index contributed by atoms with van der Waals surface area (Å²) < 4.78 is 0. The van der Waals surface area contributed by atoms with Crippen LogP contribution in [0, 0.1) is 10.1 Å². The fourth-order valence-corrected chi connectivity index (χ4v) is 3.40. The topological polar surface area (TPSA) is 49.6 Å². The molecule has 1 heterocycles. The van der Waals surface area contributed by atoms with E-state index in [0.717, 1.165) is 24.3 Å². The van der Waals surface area contributed by atoms with Crippen molar-refractivity contribution in [2.75, 3.05) is 32.1 Å². The van der Waals surface area contributed by atoms with E-state index >= 15 is 0 Å². The summed E-state index contributed by atoms with van der Waals surface area (Å²) in [6.45, 7) is 1.99. The van der Waals surface area contributed by atoms with Gasteiger partial charge in [0, 0.05) is 37.8 Å². The quantitative estimate of drug-likeness (QED) is 0.626. The average molecular weight is 325 g/mol. The van der Waals surface area contributed by atoms with E-state index < -0.39 is 6.04 Å². The first-order chi connectivity index (χ1) is 11.5. The summed E-state index contributed by atoms with van der Waals surface area (Å²) >= 11 is 0. The predicted octanol–water partition coefficient (Wildman–Crippen LogP) is 3.00. The lowest BCUT2D eigenvalue weighted by Gasteiger charge is -2.17. The maximum atomic E-state index is 11.5. The third kappa shape index (κ3) is 3.57. The van der Waals surface area contributed by atoms with Crippen LogP contribution in [-0.2, 0) is 6.54 Å². The summed E-state index contributed by atoms with van der Waals surface area (Å²) in [5.74, 6) is -0.0556. The van der Waals surface area contributed by atoms with Gasteiger partial charge in [-0.15, -0.1) is 0 Å². The van der Waals surface area contributed by atoms with Crippen molar-refractivity contribution in [2.45, 2.75) is 18.5 Å². The Morgan fingerprint density at radius 1 is 1.08 bits per heavy atom. The first-order valence-electron chi connectivity index (χ1n) is 8.21. The molecule has 24 heavy (non-hydrogen) atoms. The number of nitrogens with zero attached hydrogens (tertiary/aromatic N) is 3. The van der Waals surface area contributed by atoms with Crippen LogP contribution in [0.4, 0.5) is 5.69 Å². The lowest BCUT2D eigenvalue weighted by molar-refractivity contribution is -0.521. The molecule has 1 aliphatic heterocycles. The van der Waals surface area contributed by atoms with Gasteiger partial charge >= 0.3 is 0 Å². The van der Waals surface area contributed by atoms with Crippen LogP contribution in [0.15, 0.2) is 54.6 Å². The Morgan fingerprint density at radius 3 is 2.33 bits per heavy atom. The molecule has 0 saturated carbocycles. The van der Waals surface area contributed by atoms with Gasteiger partial charge in [-0.05, 0) is 23.3 Å². The molecule has 1 saturated heterocycles. The molecule has 3 rings (SSSR count). The van der Waals surface area contributed by atoms with Crippen molar-refractivity contribution >= 4 is 5.69 Å². The molecular weight excluding hydrogens is 302 g/mol. The highest BCUT2D eigenvalue weighted by Gasteiger charge is 2.41. The largest absolute Gasteiger partial charge is 0.378 e. The van der Waals surface area contributed by atoms with Crippen LogP contribution < -0.4 is 4.90 Å². The summed E-state index contributed by atoms with van der Waals surface area (Å²) in [5.41, 5.74) is 3.36. The number of rotatable bonds is 5. The predicted molar refractivity (Wildman–Crippen MR) is 96.0 cm³/mol. The molecule has 0 unspecified atom stereocenters. The number of likely N-dealkylation sites (tertiary alicyclic amines) is 1. The van der Waals surface area contributed by atoms with Gasteiger partial charge in [-0.3, -0.25) is 15.0 Å². The van der Waals surface area contributed by atoms with Crippen LogP contribution in [0.3, 0.4) is 0 Å². The van der Waals surface area contributed by atoms with E-state index in [1.54, 1.807) is 0 Å². The molecule has 2 atom stereocenters. The number of anilines is 1. The molecule has 5 heteroatoms. The zero-order valence-corrected chi connectivity index (χ0v) is 14.1. The van der Waals surface area contributed by atoms with Gasteiger partial charge < -0.3 is 4.90 Å². The molecule has 1 fully saturated rings. The molecule has 0 N–H and O–H groups in total. The van der Waals surface area contributed by atoms with Crippen LogP contribution >= 0.6 is 0 Å². The highest BCUT2D eigenvalue weighted by molar-refractivity contribution is 5.47. The molecule has 0 spiro atoms. The van der Waals surface area contributed by atoms with Crippen molar-refractivity contribution in [3.63, 3.8) is 0 Å². The van der Waals surface area contributed by atoms with Gasteiger partial charge in [-0.2, -0.15) is 0 Å². The minimum Gasteiger partial charge on any atom is -0.378 e. The van der Waals surface area contributed by atoms with E-state index in [9.17, 15) is 10.1 Å². The van der Waals surface area contributed by atoms with Crippen LogP contribution in [0.25, 0.3) is 0 Å². The average Bonchev–Trinajstić information content (AvgIpc) is 3.00. The highest BCUT2D eigenvalue weighted by atomic mass is 16.6. The van der Waals surface area contributed by atoms with E-state index in [1.807, 2.05) is 61.5 Å². The second-order valence-corrected chi connectivity index (χ2v) is 6.62. The molecule has 0 radical (unpaired) electrons. The Kier molecular flexibility index (Phi) is 4.81. The summed E-state index contributed by atoms with van der Waals surface area (Å²) in [6, 6.07) is 17.7. The lowest BCUT2D eigenvalue weighted by Crippen LogP contribution is -2.28. The Hall–Kier alpha value is -2.40. The fourth-order valence-electron chi connectivity index (χ4n) is 3.40. The molecule has 0 amide bonds. The van der Waals surface area contributed by atoms with Gasteiger partial charge in [0.2, 0.25) is 6.04 Å². The Balaban J connectivity index is 1.77. The van der Waals surface area contributed by atoms with Crippen LogP contribution in [-0.4, -0.2) is 43.0 Å². The molecule has 1 aliphatic rings. The molecule has 0 aliphatic carbocycles. The van der Waals surface area contributed by atoms with Gasteiger partial charge in [-0.1, -0.05) is 42.5 Å². The van der Waals surface area contributed by atoms with Gasteiger partial charge in [0.1, 0.15) is 0 Å². The van der Waals surface area contributed by atoms with Crippen molar-refractivity contribution in [3.05, 3.63) is 75.8 Å². The van der Waals surface area contributed by atoms with Gasteiger partial charge in [0.05, 0.1) is 12.5 Å². The van der Waals surface area contributed by atoms with E-state index in [1.165, 1.54) is 5.56 Å². The van der Waals surface area contributed by atoms with E-state index in [0.29, 0.717) is 6.54 Å². The normalized spacial score (nSPS) is 20.9. The van der Waals surface area contributed by atoms with Crippen molar-refractivity contribution in [2.24, 2.45) is 0 Å². The van der Waals surface area contributed by atoms with Crippen LogP contribution in [0.1, 0.15) is 17.0 Å². The monoisotopic (exact) mass is 325 g/mol. The van der Waals surface area contributed by atoms with Gasteiger partial charge in [0.25, 0.3) is 0 Å². The van der Waals surface area contributed by atoms with Crippen molar-refractivity contribution in [3.8, 4) is 0 Å². The first kappa shape index (κ1) is 16.5. The van der Waals surface area contributed by atoms with Gasteiger partial charge in [0.15, 0.2) is 0 Å². The molecule has 2 aromatic rings. The standard InChI is InChI=1S/C19H23N3O2/c1-20(2)17-10-8-16(9-11-17)18-13-21(14-19(18)22(23)24)12-15-6-4-3-5-7-15/h3-11,18-19H,12-14H2,1-2H3/t18-,19+/m1/s1. The van der Waals surface area contributed by atoms with Crippen LogP contribution in [0.2, 0.25) is 0 Å². The maximum absolute atomic E-state index is 11.5. The Labute approximate surface area is 142 Å². The Morgan fingerprint density at radius 2 is 1.75 bits per heavy atom. The number of nitro groups is 1. The van der Waals surface area contributed by atoms with E-state index in [-0.39, 0.29) is 10.8 Å². The minimum absolute atomic E-state index is 0.0556. The van der Waals surface area contributed by atoms with Crippen molar-refractivity contribution in [1.82, 2.24) is 4.90 Å². The summed E-state index contributed by atoms with van der Waals surface area (Å²) in [4.78, 5) is 15.6. The van der Waals surface area contributed by atoms with Gasteiger partial charge in [-0.25, -0.2) is 0 Å². The number of benzene rings is 2. The SMILES string of the molecule is CN(C)c1ccc([C@H]2CN(Cc3ccccc3)C[C@@H]2[N+](=O)[O-])cc1. The second kappa shape index (κ2) is 7.01. The van der Waals surface area contributed by atoms with Crippen molar-refractivity contribution in [1.29, 1.82) is 0 Å². The zero-order chi connectivity index (χ0) is 17.1. The van der Waals surface area contributed by atoms with E-state index in [2.05, 4.69) is 17.0 Å². The first-order valence-corrected chi connectivity index (χ1v) is 8.21. The Bertz CT molecular complexity index is 686. The van der Waals surface area contributed by atoms with Crippen LogP contribution in [0.5, 0.6) is 0 Å². The number of hydrogen-bond acceptors (Lipinski definition) is 4. The summed E-state index contributed by atoms with van der Waals surface area (Å²) in [5, 5.41) is 11.5. The lowest BCUT2D eigenvalue weighted by atomic mass is 9.94. The fraction of sp³-hybridized carbons (Fsp3) is 0.368. The third-order valence-corrected chi connectivity index (χ3v) is 4.72. The minimum atomic E-state index is -0.543. The third-order valence-electron chi connectivity index (χ3n) is 4.72. The maximum Gasteiger partial charge on any atom is 0.233 e. The second-order valence-electron chi connectivity index (χ2n) is 6.62. The highest BCUT2D eigenvalue weighted by Crippen LogP contribution is 2.31. The zero-order valence-electron chi connectivity index (χ0n) is 14.1. The summed E-state index contributed by atoms with van der Waals surface area (Å²) in [7, 11) is 3.98.